The maximum Gasteiger partial charge on any atom is 0.319 e. The summed E-state index contributed by atoms with van der Waals surface area (Å²) in [5.74, 6) is 0. The summed E-state index contributed by atoms with van der Waals surface area (Å²) in [4.78, 5) is 12.2. The number of aryl methyl sites for hydroxylation is 4. The van der Waals surface area contributed by atoms with Crippen LogP contribution in [0, 0.1) is 27.7 Å². The molecule has 0 radical (unpaired) electrons. The summed E-state index contributed by atoms with van der Waals surface area (Å²) in [6.45, 7) is 9.58. The second-order valence-corrected chi connectivity index (χ2v) is 7.68. The maximum absolute atomic E-state index is 12.2. The Morgan fingerprint density at radius 3 is 2.39 bits per heavy atom. The minimum absolute atomic E-state index is 0.254. The molecule has 0 bridgehead atoms. The molecule has 0 aliphatic heterocycles. The van der Waals surface area contributed by atoms with Crippen molar-refractivity contribution in [1.82, 2.24) is 9.88 Å². The first kappa shape index (κ1) is 20.0. The zero-order valence-corrected chi connectivity index (χ0v) is 17.5. The van der Waals surface area contributed by atoms with E-state index in [0.29, 0.717) is 17.3 Å². The number of nitrogens with zero attached hydrogens (tertiary/aromatic N) is 1. The number of hydrogen-bond acceptors (Lipinski definition) is 1. The van der Waals surface area contributed by atoms with Crippen molar-refractivity contribution in [2.45, 2.75) is 40.8 Å². The molecule has 0 aliphatic rings. The highest BCUT2D eigenvalue weighted by atomic mass is 35.5. The molecule has 0 unspecified atom stereocenters. The van der Waals surface area contributed by atoms with Crippen molar-refractivity contribution in [1.29, 1.82) is 0 Å². The van der Waals surface area contributed by atoms with Gasteiger partial charge in [-0.3, -0.25) is 0 Å². The summed E-state index contributed by atoms with van der Waals surface area (Å²) in [5, 5.41) is 6.38. The van der Waals surface area contributed by atoms with Gasteiger partial charge in [-0.2, -0.15) is 0 Å². The molecule has 2 amide bonds. The van der Waals surface area contributed by atoms with Crippen molar-refractivity contribution in [2.75, 3.05) is 5.32 Å². The van der Waals surface area contributed by atoms with Crippen LogP contribution in [0.4, 0.5) is 10.5 Å². The van der Waals surface area contributed by atoms with Crippen LogP contribution >= 0.6 is 11.6 Å². The Labute approximate surface area is 171 Å². The molecule has 1 aromatic heterocycles. The Hall–Kier alpha value is -2.72. The molecule has 0 spiro atoms. The summed E-state index contributed by atoms with van der Waals surface area (Å²) < 4.78 is 2.17. The van der Waals surface area contributed by atoms with Gasteiger partial charge in [-0.25, -0.2) is 4.79 Å². The van der Waals surface area contributed by atoms with E-state index in [1.165, 1.54) is 22.3 Å². The van der Waals surface area contributed by atoms with Crippen LogP contribution in [0.5, 0.6) is 0 Å². The van der Waals surface area contributed by atoms with E-state index < -0.39 is 0 Å². The van der Waals surface area contributed by atoms with Gasteiger partial charge >= 0.3 is 6.03 Å². The van der Waals surface area contributed by atoms with E-state index in [1.807, 2.05) is 37.4 Å². The molecule has 0 atom stereocenters. The topological polar surface area (TPSA) is 46.1 Å². The molecule has 0 fully saturated rings. The van der Waals surface area contributed by atoms with Crippen LogP contribution in [0.2, 0.25) is 5.02 Å². The molecule has 4 nitrogen and oxygen atoms in total. The fourth-order valence-electron chi connectivity index (χ4n) is 3.41. The van der Waals surface area contributed by atoms with E-state index in [0.717, 1.165) is 17.8 Å². The van der Waals surface area contributed by atoms with E-state index in [4.69, 9.17) is 11.6 Å². The largest absolute Gasteiger partial charge is 0.345 e. The maximum atomic E-state index is 12.2. The van der Waals surface area contributed by atoms with Gasteiger partial charge in [0.1, 0.15) is 0 Å². The molecule has 0 saturated heterocycles. The van der Waals surface area contributed by atoms with E-state index >= 15 is 0 Å². The fraction of sp³-hybridized carbons (Fsp3) is 0.261. The van der Waals surface area contributed by atoms with Crippen molar-refractivity contribution in [3.63, 3.8) is 0 Å². The van der Waals surface area contributed by atoms with Gasteiger partial charge in [0, 0.05) is 29.1 Å². The fourth-order valence-corrected chi connectivity index (χ4v) is 3.59. The molecule has 28 heavy (non-hydrogen) atoms. The minimum Gasteiger partial charge on any atom is -0.345 e. The normalized spacial score (nSPS) is 10.8. The Morgan fingerprint density at radius 1 is 1.00 bits per heavy atom. The first-order valence-corrected chi connectivity index (χ1v) is 9.73. The first-order valence-electron chi connectivity index (χ1n) is 9.35. The van der Waals surface area contributed by atoms with Gasteiger partial charge in [0.15, 0.2) is 0 Å². The summed E-state index contributed by atoms with van der Waals surface area (Å²) in [6.07, 6.45) is 2.05. The van der Waals surface area contributed by atoms with Crippen molar-refractivity contribution < 1.29 is 4.79 Å². The van der Waals surface area contributed by atoms with Crippen molar-refractivity contribution in [3.05, 3.63) is 87.2 Å². The monoisotopic (exact) mass is 395 g/mol. The van der Waals surface area contributed by atoms with Gasteiger partial charge < -0.3 is 15.2 Å². The lowest BCUT2D eigenvalue weighted by molar-refractivity contribution is 0.251. The summed E-state index contributed by atoms with van der Waals surface area (Å²) in [6, 6.07) is 13.7. The van der Waals surface area contributed by atoms with Crippen LogP contribution in [0.15, 0.2) is 48.7 Å². The lowest BCUT2D eigenvalue weighted by Crippen LogP contribution is -2.29. The number of anilines is 1. The molecule has 2 N–H and O–H groups in total. The van der Waals surface area contributed by atoms with E-state index in [9.17, 15) is 4.79 Å². The molecule has 3 rings (SSSR count). The number of amides is 2. The highest BCUT2D eigenvalue weighted by Crippen LogP contribution is 2.20. The Balaban J connectivity index is 1.64. The highest BCUT2D eigenvalue weighted by Gasteiger charge is 2.09. The van der Waals surface area contributed by atoms with E-state index in [-0.39, 0.29) is 6.03 Å². The Morgan fingerprint density at radius 2 is 1.71 bits per heavy atom. The zero-order valence-electron chi connectivity index (χ0n) is 16.8. The predicted octanol–water partition coefficient (Wildman–Crippen LogP) is 5.75. The standard InChI is InChI=1S/C23H26ClN3O/c1-15-10-17(3)21(18(4)11-15)14-27-9-5-6-20(27)13-25-23(28)26-19-8-7-16(2)22(24)12-19/h5-12H,13-14H2,1-4H3,(H2,25,26,28). The quantitative estimate of drug-likeness (QED) is 0.568. The smallest absolute Gasteiger partial charge is 0.319 e. The van der Waals surface area contributed by atoms with Gasteiger partial charge in [-0.05, 0) is 74.2 Å². The summed E-state index contributed by atoms with van der Waals surface area (Å²) in [5.41, 5.74) is 7.89. The third kappa shape index (κ3) is 4.76. The lowest BCUT2D eigenvalue weighted by Gasteiger charge is -2.15. The molecule has 1 heterocycles. The number of nitrogens with one attached hydrogen (secondary N) is 2. The second kappa shape index (κ2) is 8.53. The van der Waals surface area contributed by atoms with Crippen molar-refractivity contribution in [3.8, 4) is 0 Å². The van der Waals surface area contributed by atoms with Crippen LogP contribution in [0.1, 0.15) is 33.5 Å². The number of urea groups is 1. The van der Waals surface area contributed by atoms with Crippen LogP contribution < -0.4 is 10.6 Å². The van der Waals surface area contributed by atoms with Crippen molar-refractivity contribution >= 4 is 23.3 Å². The number of benzene rings is 2. The van der Waals surface area contributed by atoms with E-state index in [2.05, 4.69) is 48.1 Å². The average Bonchev–Trinajstić information content (AvgIpc) is 3.06. The van der Waals surface area contributed by atoms with Crippen LogP contribution in [0.25, 0.3) is 0 Å². The molecule has 146 valence electrons. The SMILES string of the molecule is Cc1cc(C)c(Cn2cccc2CNC(=O)Nc2ccc(C)c(Cl)c2)c(C)c1. The predicted molar refractivity (Wildman–Crippen MR) is 116 cm³/mol. The Bertz CT molecular complexity index is 984. The number of rotatable bonds is 5. The highest BCUT2D eigenvalue weighted by molar-refractivity contribution is 6.31. The summed E-state index contributed by atoms with van der Waals surface area (Å²) >= 11 is 6.11. The number of hydrogen-bond donors (Lipinski definition) is 2. The molecule has 0 aliphatic carbocycles. The summed E-state index contributed by atoms with van der Waals surface area (Å²) in [7, 11) is 0. The Kier molecular flexibility index (Phi) is 6.10. The number of carbonyl (C=O) groups excluding carboxylic acids is 1. The van der Waals surface area contributed by atoms with Gasteiger partial charge in [0.2, 0.25) is 0 Å². The minimum atomic E-state index is -0.254. The molecule has 0 saturated carbocycles. The van der Waals surface area contributed by atoms with Crippen LogP contribution in [-0.2, 0) is 13.1 Å². The lowest BCUT2D eigenvalue weighted by atomic mass is 10.00. The van der Waals surface area contributed by atoms with Gasteiger partial charge in [0.05, 0.1) is 6.54 Å². The molecule has 3 aromatic rings. The van der Waals surface area contributed by atoms with Gasteiger partial charge in [-0.1, -0.05) is 35.4 Å². The van der Waals surface area contributed by atoms with Crippen LogP contribution in [0.3, 0.4) is 0 Å². The van der Waals surface area contributed by atoms with E-state index in [1.54, 1.807) is 6.07 Å². The van der Waals surface area contributed by atoms with Crippen molar-refractivity contribution in [2.24, 2.45) is 0 Å². The third-order valence-electron chi connectivity index (χ3n) is 4.95. The molecular weight excluding hydrogens is 370 g/mol. The third-order valence-corrected chi connectivity index (χ3v) is 5.36. The number of carbonyl (C=O) groups is 1. The zero-order chi connectivity index (χ0) is 20.3. The molecule has 2 aromatic carbocycles. The van der Waals surface area contributed by atoms with Gasteiger partial charge in [0.25, 0.3) is 0 Å². The number of aromatic nitrogens is 1. The molecule has 5 heteroatoms. The second-order valence-electron chi connectivity index (χ2n) is 7.28. The number of halogens is 1. The van der Waals surface area contributed by atoms with Crippen LogP contribution in [-0.4, -0.2) is 10.6 Å². The first-order chi connectivity index (χ1) is 13.3. The van der Waals surface area contributed by atoms with Gasteiger partial charge in [-0.15, -0.1) is 0 Å². The molecular formula is C23H26ClN3O. The average molecular weight is 396 g/mol.